The molecule has 1 saturated carbocycles. The predicted octanol–water partition coefficient (Wildman–Crippen LogP) is 2.80. The van der Waals surface area contributed by atoms with Crippen molar-refractivity contribution in [2.75, 3.05) is 6.54 Å². The van der Waals surface area contributed by atoms with Gasteiger partial charge in [0.15, 0.2) is 0 Å². The molecule has 0 spiro atoms. The second-order valence-corrected chi connectivity index (χ2v) is 5.08. The Bertz CT molecular complexity index is 426. The van der Waals surface area contributed by atoms with Gasteiger partial charge >= 0.3 is 6.18 Å². The fourth-order valence-electron chi connectivity index (χ4n) is 2.71. The first kappa shape index (κ1) is 12.4. The third kappa shape index (κ3) is 1.92. The number of hydrogen-bond acceptors (Lipinski definition) is 2. The Hall–Kier alpha value is -1.10. The molecule has 1 fully saturated rings. The molecule has 1 aliphatic rings. The van der Waals surface area contributed by atoms with Crippen LogP contribution in [0.15, 0.2) is 18.3 Å². The maximum atomic E-state index is 12.8. The number of hydrogen-bond donors (Lipinski definition) is 1. The van der Waals surface area contributed by atoms with E-state index in [0.717, 1.165) is 0 Å². The summed E-state index contributed by atoms with van der Waals surface area (Å²) in [6.07, 6.45) is -3.21. The van der Waals surface area contributed by atoms with Crippen LogP contribution in [0.5, 0.6) is 0 Å². The van der Waals surface area contributed by atoms with E-state index in [1.54, 1.807) is 6.07 Å². The van der Waals surface area contributed by atoms with Gasteiger partial charge in [0.05, 0.1) is 0 Å². The number of nitrogens with two attached hydrogens (primary N) is 1. The topological polar surface area (TPSA) is 38.9 Å². The molecule has 5 heteroatoms. The molecule has 0 radical (unpaired) electrons. The third-order valence-corrected chi connectivity index (χ3v) is 3.75. The van der Waals surface area contributed by atoms with Gasteiger partial charge in [0.2, 0.25) is 0 Å². The number of alkyl halides is 3. The van der Waals surface area contributed by atoms with Gasteiger partial charge in [0, 0.05) is 6.20 Å². The van der Waals surface area contributed by atoms with Crippen LogP contribution in [-0.2, 0) is 6.18 Å². The van der Waals surface area contributed by atoms with Crippen molar-refractivity contribution in [2.45, 2.75) is 25.9 Å². The number of nitrogens with zero attached hydrogens (tertiary/aromatic N) is 1. The Morgan fingerprint density at radius 1 is 1.41 bits per heavy atom. The van der Waals surface area contributed by atoms with E-state index in [1.165, 1.54) is 12.3 Å². The molecule has 94 valence electrons. The fourth-order valence-corrected chi connectivity index (χ4v) is 2.71. The van der Waals surface area contributed by atoms with Crippen LogP contribution in [0.3, 0.4) is 0 Å². The van der Waals surface area contributed by atoms with Crippen molar-refractivity contribution in [2.24, 2.45) is 17.1 Å². The molecule has 0 aliphatic heterocycles. The van der Waals surface area contributed by atoms with Gasteiger partial charge in [-0.25, -0.2) is 0 Å². The molecule has 0 saturated heterocycles. The van der Waals surface area contributed by atoms with Crippen molar-refractivity contribution in [3.8, 4) is 0 Å². The maximum Gasteiger partial charge on any atom is 0.433 e. The van der Waals surface area contributed by atoms with Crippen LogP contribution >= 0.6 is 0 Å². The van der Waals surface area contributed by atoms with Crippen LogP contribution in [-0.4, -0.2) is 11.5 Å². The normalized spacial score (nSPS) is 26.9. The molecule has 1 heterocycles. The Morgan fingerprint density at radius 3 is 2.53 bits per heavy atom. The first-order chi connectivity index (χ1) is 7.80. The molecule has 0 bridgehead atoms. The van der Waals surface area contributed by atoms with Gasteiger partial charge in [-0.2, -0.15) is 13.2 Å². The second kappa shape index (κ2) is 3.70. The zero-order chi connectivity index (χ0) is 12.8. The minimum absolute atomic E-state index is 0.104. The highest BCUT2D eigenvalue weighted by atomic mass is 19.4. The lowest BCUT2D eigenvalue weighted by Crippen LogP contribution is -2.12. The maximum absolute atomic E-state index is 12.8. The van der Waals surface area contributed by atoms with Gasteiger partial charge < -0.3 is 5.73 Å². The number of aromatic nitrogens is 1. The molecule has 1 aromatic heterocycles. The SMILES string of the molecule is CC1(C)[C@@H](CN)[C@@H]1c1cccnc1C(F)(F)F. The molecule has 0 amide bonds. The summed E-state index contributed by atoms with van der Waals surface area (Å²) in [5, 5.41) is 0. The molecule has 0 aromatic carbocycles. The summed E-state index contributed by atoms with van der Waals surface area (Å²) in [4.78, 5) is 3.48. The molecular formula is C12H15F3N2. The lowest BCUT2D eigenvalue weighted by molar-refractivity contribution is -0.141. The van der Waals surface area contributed by atoms with Gasteiger partial charge in [0.1, 0.15) is 5.69 Å². The van der Waals surface area contributed by atoms with Crippen LogP contribution in [0.25, 0.3) is 0 Å². The van der Waals surface area contributed by atoms with Crippen LogP contribution in [0.2, 0.25) is 0 Å². The second-order valence-electron chi connectivity index (χ2n) is 5.08. The summed E-state index contributed by atoms with van der Waals surface area (Å²) in [6.45, 7) is 4.30. The van der Waals surface area contributed by atoms with Gasteiger partial charge in [-0.1, -0.05) is 19.9 Å². The first-order valence-electron chi connectivity index (χ1n) is 5.52. The van der Waals surface area contributed by atoms with Crippen LogP contribution < -0.4 is 5.73 Å². The van der Waals surface area contributed by atoms with Crippen molar-refractivity contribution >= 4 is 0 Å². The summed E-state index contributed by atoms with van der Waals surface area (Å²) >= 11 is 0. The number of pyridine rings is 1. The van der Waals surface area contributed by atoms with Crippen molar-refractivity contribution in [1.29, 1.82) is 0 Å². The highest BCUT2D eigenvalue weighted by Crippen LogP contribution is 2.64. The van der Waals surface area contributed by atoms with Crippen LogP contribution in [0.4, 0.5) is 13.2 Å². The standard InChI is InChI=1S/C12H15F3N2/c1-11(2)8(6-16)9(11)7-4-3-5-17-10(7)12(13,14)15/h3-5,8-9H,6,16H2,1-2H3/t8-,9-/m0/s1. The molecule has 1 aliphatic carbocycles. The summed E-state index contributed by atoms with van der Waals surface area (Å²) < 4.78 is 38.5. The van der Waals surface area contributed by atoms with Gasteiger partial charge in [-0.3, -0.25) is 4.98 Å². The first-order valence-corrected chi connectivity index (χ1v) is 5.52. The minimum atomic E-state index is -4.39. The lowest BCUT2D eigenvalue weighted by atomic mass is 10.0. The van der Waals surface area contributed by atoms with E-state index in [4.69, 9.17) is 5.73 Å². The molecule has 2 rings (SSSR count). The zero-order valence-corrected chi connectivity index (χ0v) is 9.75. The summed E-state index contributed by atoms with van der Waals surface area (Å²) in [5.74, 6) is -0.0365. The zero-order valence-electron chi connectivity index (χ0n) is 9.75. The Labute approximate surface area is 98.0 Å². The van der Waals surface area contributed by atoms with E-state index in [-0.39, 0.29) is 22.8 Å². The van der Waals surface area contributed by atoms with E-state index in [0.29, 0.717) is 6.54 Å². The Kier molecular flexibility index (Phi) is 2.69. The number of halogens is 3. The highest BCUT2D eigenvalue weighted by molar-refractivity contribution is 5.36. The average Bonchev–Trinajstić information content (AvgIpc) is 2.79. The largest absolute Gasteiger partial charge is 0.433 e. The Morgan fingerprint density at radius 2 is 2.06 bits per heavy atom. The van der Waals surface area contributed by atoms with Crippen molar-refractivity contribution in [1.82, 2.24) is 4.98 Å². The van der Waals surface area contributed by atoms with E-state index in [9.17, 15) is 13.2 Å². The minimum Gasteiger partial charge on any atom is -0.330 e. The molecule has 2 nitrogen and oxygen atoms in total. The lowest BCUT2D eigenvalue weighted by Gasteiger charge is -2.12. The van der Waals surface area contributed by atoms with Crippen LogP contribution in [0.1, 0.15) is 31.0 Å². The van der Waals surface area contributed by atoms with Gasteiger partial charge in [-0.15, -0.1) is 0 Å². The van der Waals surface area contributed by atoms with Crippen molar-refractivity contribution in [3.05, 3.63) is 29.6 Å². The molecule has 1 aromatic rings. The van der Waals surface area contributed by atoms with Gasteiger partial charge in [-0.05, 0) is 35.4 Å². The Balaban J connectivity index is 2.42. The predicted molar refractivity (Wildman–Crippen MR) is 58.3 cm³/mol. The van der Waals surface area contributed by atoms with Crippen molar-refractivity contribution in [3.63, 3.8) is 0 Å². The van der Waals surface area contributed by atoms with E-state index < -0.39 is 11.9 Å². The summed E-state index contributed by atoms with van der Waals surface area (Å²) in [5.41, 5.74) is 4.93. The molecule has 17 heavy (non-hydrogen) atoms. The molecule has 0 unspecified atom stereocenters. The third-order valence-electron chi connectivity index (χ3n) is 3.75. The molecule has 2 N–H and O–H groups in total. The fraction of sp³-hybridized carbons (Fsp3) is 0.583. The van der Waals surface area contributed by atoms with Gasteiger partial charge in [0.25, 0.3) is 0 Å². The summed E-state index contributed by atoms with van der Waals surface area (Å²) in [7, 11) is 0. The molecule has 2 atom stereocenters. The average molecular weight is 244 g/mol. The monoisotopic (exact) mass is 244 g/mol. The summed E-state index contributed by atoms with van der Waals surface area (Å²) in [6, 6.07) is 3.06. The highest BCUT2D eigenvalue weighted by Gasteiger charge is 2.59. The number of rotatable bonds is 2. The van der Waals surface area contributed by atoms with E-state index >= 15 is 0 Å². The smallest absolute Gasteiger partial charge is 0.330 e. The molecular weight excluding hydrogens is 229 g/mol. The van der Waals surface area contributed by atoms with E-state index in [2.05, 4.69) is 4.98 Å². The quantitative estimate of drug-likeness (QED) is 0.868. The van der Waals surface area contributed by atoms with Crippen LogP contribution in [0, 0.1) is 11.3 Å². The van der Waals surface area contributed by atoms with Crippen molar-refractivity contribution < 1.29 is 13.2 Å². The van der Waals surface area contributed by atoms with E-state index in [1.807, 2.05) is 13.8 Å².